The molecule has 0 atom stereocenters. The van der Waals surface area contributed by atoms with Crippen LogP contribution < -0.4 is 15.5 Å². The van der Waals surface area contributed by atoms with Crippen LogP contribution in [0.5, 0.6) is 0 Å². The molecule has 10 heteroatoms. The number of morpholine rings is 1. The average Bonchev–Trinajstić information content (AvgIpc) is 2.89. The van der Waals surface area contributed by atoms with Gasteiger partial charge in [-0.1, -0.05) is 6.08 Å². The van der Waals surface area contributed by atoms with Crippen molar-refractivity contribution in [2.45, 2.75) is 6.92 Å². The number of hydrogen-bond donors (Lipinski definition) is 2. The summed E-state index contributed by atoms with van der Waals surface area (Å²) >= 11 is 0. The molecule has 5 rings (SSSR count). The van der Waals surface area contributed by atoms with Crippen LogP contribution in [0.15, 0.2) is 67.3 Å². The molecule has 1 aliphatic rings. The number of amides is 1. The molecule has 2 N–H and O–H groups in total. The number of hydrogen-bond acceptors (Lipinski definition) is 9. The quantitative estimate of drug-likeness (QED) is 0.409. The minimum Gasteiger partial charge on any atom is -0.378 e. The largest absolute Gasteiger partial charge is 0.378 e. The van der Waals surface area contributed by atoms with Crippen molar-refractivity contribution in [3.63, 3.8) is 0 Å². The highest BCUT2D eigenvalue weighted by molar-refractivity contribution is 5.99. The van der Waals surface area contributed by atoms with Crippen molar-refractivity contribution in [3.05, 3.63) is 67.3 Å². The van der Waals surface area contributed by atoms with Crippen molar-refractivity contribution in [1.82, 2.24) is 24.9 Å². The second kappa shape index (κ2) is 10.2. The highest BCUT2D eigenvalue weighted by Crippen LogP contribution is 2.26. The van der Waals surface area contributed by atoms with Crippen LogP contribution in [-0.4, -0.2) is 57.1 Å². The van der Waals surface area contributed by atoms with E-state index in [2.05, 4.69) is 35.5 Å². The first kappa shape index (κ1) is 22.4. The van der Waals surface area contributed by atoms with Gasteiger partial charge < -0.3 is 20.3 Å². The third kappa shape index (κ3) is 5.22. The first-order valence-corrected chi connectivity index (χ1v) is 11.3. The lowest BCUT2D eigenvalue weighted by Crippen LogP contribution is -2.36. The summed E-state index contributed by atoms with van der Waals surface area (Å²) in [4.78, 5) is 36.8. The van der Waals surface area contributed by atoms with E-state index in [1.54, 1.807) is 49.9 Å². The maximum absolute atomic E-state index is 11.9. The molecular formula is C25H24N8O2. The first-order valence-electron chi connectivity index (χ1n) is 11.3. The van der Waals surface area contributed by atoms with Crippen LogP contribution in [0.3, 0.4) is 0 Å². The second-order valence-corrected chi connectivity index (χ2v) is 7.84. The number of rotatable bonds is 6. The number of carbonyl (C=O) groups excluding carboxylic acids is 1. The number of anilines is 4. The topological polar surface area (TPSA) is 118 Å². The van der Waals surface area contributed by atoms with Crippen LogP contribution >= 0.6 is 0 Å². The number of nitrogens with one attached hydrogen (secondary N) is 2. The molecule has 0 aromatic carbocycles. The van der Waals surface area contributed by atoms with Gasteiger partial charge in [0, 0.05) is 42.8 Å². The lowest BCUT2D eigenvalue weighted by molar-refractivity contribution is -0.111. The fourth-order valence-corrected chi connectivity index (χ4v) is 3.75. The molecule has 10 nitrogen and oxygen atoms in total. The molecule has 35 heavy (non-hydrogen) atoms. The van der Waals surface area contributed by atoms with E-state index in [4.69, 9.17) is 9.72 Å². The molecule has 0 radical (unpaired) electrons. The molecule has 1 saturated heterocycles. The summed E-state index contributed by atoms with van der Waals surface area (Å²) in [5.74, 6) is 1.13. The lowest BCUT2D eigenvalue weighted by atomic mass is 10.1. The molecular weight excluding hydrogens is 444 g/mol. The molecule has 1 amide bonds. The molecule has 0 saturated carbocycles. The smallest absolute Gasteiger partial charge is 0.248 e. The number of allylic oxidation sites excluding steroid dienone is 1. The molecule has 176 valence electrons. The van der Waals surface area contributed by atoms with Crippen molar-refractivity contribution < 1.29 is 9.53 Å². The van der Waals surface area contributed by atoms with Crippen LogP contribution in [-0.2, 0) is 9.53 Å². The highest BCUT2D eigenvalue weighted by atomic mass is 16.5. The average molecular weight is 469 g/mol. The Bertz CT molecular complexity index is 1370. The Kier molecular flexibility index (Phi) is 6.53. The Morgan fingerprint density at radius 3 is 2.66 bits per heavy atom. The molecule has 0 spiro atoms. The summed E-state index contributed by atoms with van der Waals surface area (Å²) in [6.07, 6.45) is 9.97. The third-order valence-corrected chi connectivity index (χ3v) is 5.43. The van der Waals surface area contributed by atoms with Crippen LogP contribution in [0.4, 0.5) is 23.1 Å². The van der Waals surface area contributed by atoms with E-state index >= 15 is 0 Å². The fourth-order valence-electron chi connectivity index (χ4n) is 3.75. The van der Waals surface area contributed by atoms with Gasteiger partial charge in [-0.05, 0) is 43.3 Å². The van der Waals surface area contributed by atoms with E-state index in [-0.39, 0.29) is 5.91 Å². The standard InChI is InChI=1S/C25H24N8O2/c1-2-3-22(34)30-18-7-9-26-20(14-18)24-23-17(6-8-27-24)15-29-25(32-23)31-19-4-5-21(28-16-19)33-10-12-35-13-11-33/h2-9,14-16H,10-13H2,1H3,(H,26,30,34)(H,29,31,32)/b3-2-. The minimum atomic E-state index is -0.211. The monoisotopic (exact) mass is 468 g/mol. The zero-order chi connectivity index (χ0) is 24.0. The first-order chi connectivity index (χ1) is 17.2. The van der Waals surface area contributed by atoms with E-state index in [9.17, 15) is 4.79 Å². The van der Waals surface area contributed by atoms with Gasteiger partial charge in [-0.25, -0.2) is 15.0 Å². The lowest BCUT2D eigenvalue weighted by Gasteiger charge is -2.27. The molecule has 0 aliphatic carbocycles. The summed E-state index contributed by atoms with van der Waals surface area (Å²) in [5.41, 5.74) is 3.23. The zero-order valence-electron chi connectivity index (χ0n) is 19.2. The summed E-state index contributed by atoms with van der Waals surface area (Å²) in [7, 11) is 0. The molecule has 5 heterocycles. The molecule has 0 bridgehead atoms. The van der Waals surface area contributed by atoms with Crippen LogP contribution in [0.2, 0.25) is 0 Å². The molecule has 4 aromatic heterocycles. The summed E-state index contributed by atoms with van der Waals surface area (Å²) in [6, 6.07) is 9.27. The predicted octanol–water partition coefficient (Wildman–Crippen LogP) is 3.58. The van der Waals surface area contributed by atoms with Crippen molar-refractivity contribution in [2.24, 2.45) is 0 Å². The summed E-state index contributed by atoms with van der Waals surface area (Å²) in [6.45, 7) is 4.87. The van der Waals surface area contributed by atoms with Crippen molar-refractivity contribution in [2.75, 3.05) is 41.8 Å². The highest BCUT2D eigenvalue weighted by Gasteiger charge is 2.13. The van der Waals surface area contributed by atoms with Crippen LogP contribution in [0.25, 0.3) is 22.3 Å². The summed E-state index contributed by atoms with van der Waals surface area (Å²) < 4.78 is 5.40. The maximum Gasteiger partial charge on any atom is 0.248 e. The molecule has 4 aromatic rings. The number of aromatic nitrogens is 5. The fraction of sp³-hybridized carbons (Fsp3) is 0.200. The van der Waals surface area contributed by atoms with Gasteiger partial charge in [0.25, 0.3) is 0 Å². The molecule has 0 unspecified atom stereocenters. The third-order valence-electron chi connectivity index (χ3n) is 5.43. The van der Waals surface area contributed by atoms with Gasteiger partial charge in [0.2, 0.25) is 11.9 Å². The van der Waals surface area contributed by atoms with E-state index in [1.807, 2.05) is 18.2 Å². The number of pyridine rings is 3. The number of ether oxygens (including phenoxy) is 1. The maximum atomic E-state index is 11.9. The second-order valence-electron chi connectivity index (χ2n) is 7.84. The minimum absolute atomic E-state index is 0.211. The molecule has 1 aliphatic heterocycles. The summed E-state index contributed by atoms with van der Waals surface area (Å²) in [5, 5.41) is 6.86. The zero-order valence-corrected chi connectivity index (χ0v) is 19.2. The predicted molar refractivity (Wildman–Crippen MR) is 135 cm³/mol. The number of carbonyl (C=O) groups is 1. The van der Waals surface area contributed by atoms with Crippen molar-refractivity contribution >= 4 is 40.0 Å². The number of nitrogens with zero attached hydrogens (tertiary/aromatic N) is 6. The van der Waals surface area contributed by atoms with E-state index in [0.717, 1.165) is 30.0 Å². The van der Waals surface area contributed by atoms with Crippen LogP contribution in [0.1, 0.15) is 6.92 Å². The van der Waals surface area contributed by atoms with Gasteiger partial charge in [-0.15, -0.1) is 0 Å². The Morgan fingerprint density at radius 1 is 1.00 bits per heavy atom. The Morgan fingerprint density at radius 2 is 1.86 bits per heavy atom. The van der Waals surface area contributed by atoms with Gasteiger partial charge in [0.15, 0.2) is 0 Å². The van der Waals surface area contributed by atoms with Gasteiger partial charge in [-0.3, -0.25) is 14.8 Å². The Labute approximate surface area is 202 Å². The van der Waals surface area contributed by atoms with Crippen molar-refractivity contribution in [3.8, 4) is 11.4 Å². The Hall–Kier alpha value is -4.44. The van der Waals surface area contributed by atoms with Crippen LogP contribution in [0, 0.1) is 0 Å². The van der Waals surface area contributed by atoms with Gasteiger partial charge in [0.05, 0.1) is 30.8 Å². The SMILES string of the molecule is C/C=C\C(=O)Nc1ccnc(-c2nccc3cnc(Nc4ccc(N5CCOCC5)nc4)nc23)c1. The van der Waals surface area contributed by atoms with Gasteiger partial charge >= 0.3 is 0 Å². The number of fused-ring (bicyclic) bond motifs is 1. The Balaban J connectivity index is 1.40. The van der Waals surface area contributed by atoms with E-state index < -0.39 is 0 Å². The van der Waals surface area contributed by atoms with E-state index in [1.165, 1.54) is 6.08 Å². The van der Waals surface area contributed by atoms with Gasteiger partial charge in [0.1, 0.15) is 17.0 Å². The van der Waals surface area contributed by atoms with Gasteiger partial charge in [-0.2, -0.15) is 0 Å². The molecule has 1 fully saturated rings. The van der Waals surface area contributed by atoms with E-state index in [0.29, 0.717) is 41.8 Å². The van der Waals surface area contributed by atoms with Crippen molar-refractivity contribution in [1.29, 1.82) is 0 Å². The normalized spacial score (nSPS) is 13.8.